The summed E-state index contributed by atoms with van der Waals surface area (Å²) in [6, 6.07) is 17.9. The molecule has 5 nitrogen and oxygen atoms in total. The number of ether oxygens (including phenoxy) is 2. The molecule has 3 aromatic carbocycles. The highest BCUT2D eigenvalue weighted by Gasteiger charge is 2.31. The van der Waals surface area contributed by atoms with Crippen LogP contribution in [0, 0.1) is 6.92 Å². The van der Waals surface area contributed by atoms with E-state index in [1.54, 1.807) is 49.4 Å². The second kappa shape index (κ2) is 8.43. The number of ketones is 1. The minimum atomic E-state index is -0.653. The van der Waals surface area contributed by atoms with E-state index in [9.17, 15) is 9.59 Å². The largest absolute Gasteiger partial charge is 0.452 e. The summed E-state index contributed by atoms with van der Waals surface area (Å²) in [6.07, 6.45) is 1.72. The summed E-state index contributed by atoms with van der Waals surface area (Å²) in [7, 11) is 0. The zero-order chi connectivity index (χ0) is 24.9. The van der Waals surface area contributed by atoms with Gasteiger partial charge in [0.05, 0.1) is 5.56 Å². The quantitative estimate of drug-likeness (QED) is 0.170. The van der Waals surface area contributed by atoms with Gasteiger partial charge in [-0.25, -0.2) is 4.79 Å². The first-order chi connectivity index (χ1) is 16.6. The van der Waals surface area contributed by atoms with Crippen molar-refractivity contribution >= 4 is 40.4 Å². The molecule has 1 aromatic heterocycles. The molecule has 0 unspecified atom stereocenters. The molecule has 6 heteroatoms. The Morgan fingerprint density at radius 2 is 1.74 bits per heavy atom. The van der Waals surface area contributed by atoms with Gasteiger partial charge in [-0.1, -0.05) is 56.6 Å². The maximum absolute atomic E-state index is 12.9. The fourth-order valence-electron chi connectivity index (χ4n) is 3.97. The summed E-state index contributed by atoms with van der Waals surface area (Å²) in [6.45, 7) is 8.20. The number of halogens is 1. The molecule has 0 N–H and O–H groups in total. The Morgan fingerprint density at radius 3 is 2.46 bits per heavy atom. The van der Waals surface area contributed by atoms with Gasteiger partial charge in [-0.3, -0.25) is 4.79 Å². The van der Waals surface area contributed by atoms with Crippen LogP contribution in [0.3, 0.4) is 0 Å². The van der Waals surface area contributed by atoms with Crippen LogP contribution in [0.1, 0.15) is 58.4 Å². The van der Waals surface area contributed by atoms with Crippen molar-refractivity contribution in [3.05, 3.63) is 99.5 Å². The van der Waals surface area contributed by atoms with Gasteiger partial charge in [-0.05, 0) is 65.9 Å². The van der Waals surface area contributed by atoms with E-state index >= 15 is 0 Å². The number of benzene rings is 3. The van der Waals surface area contributed by atoms with Crippen LogP contribution < -0.4 is 9.47 Å². The van der Waals surface area contributed by atoms with E-state index in [4.69, 9.17) is 25.5 Å². The highest BCUT2D eigenvalue weighted by atomic mass is 35.5. The Kier molecular flexibility index (Phi) is 5.53. The zero-order valence-corrected chi connectivity index (χ0v) is 20.5. The zero-order valence-electron chi connectivity index (χ0n) is 19.8. The number of furan rings is 1. The molecule has 0 radical (unpaired) electrons. The number of allylic oxidation sites excluding steroid dienone is 1. The molecule has 0 amide bonds. The average Bonchev–Trinajstić information content (AvgIpc) is 3.37. The third-order valence-corrected chi connectivity index (χ3v) is 6.23. The number of rotatable bonds is 3. The van der Waals surface area contributed by atoms with Crippen molar-refractivity contribution in [2.24, 2.45) is 0 Å². The van der Waals surface area contributed by atoms with Crippen LogP contribution >= 0.6 is 11.6 Å². The van der Waals surface area contributed by atoms with Crippen molar-refractivity contribution in [2.75, 3.05) is 0 Å². The lowest BCUT2D eigenvalue weighted by atomic mass is 9.86. The molecule has 1 aliphatic rings. The number of fused-ring (bicyclic) bond motifs is 2. The van der Waals surface area contributed by atoms with Gasteiger partial charge >= 0.3 is 5.97 Å². The number of carbonyl (C=O) groups excluding carboxylic acids is 2. The minimum Gasteiger partial charge on any atom is -0.452 e. The lowest BCUT2D eigenvalue weighted by Gasteiger charge is -2.18. The Balaban J connectivity index is 1.38. The summed E-state index contributed by atoms with van der Waals surface area (Å²) >= 11 is 6.01. The highest BCUT2D eigenvalue weighted by Crippen LogP contribution is 2.39. The molecule has 0 aliphatic carbocycles. The summed E-state index contributed by atoms with van der Waals surface area (Å²) in [5.74, 6) is 0.0854. The fourth-order valence-corrected chi connectivity index (χ4v) is 4.15. The first-order valence-electron chi connectivity index (χ1n) is 11.2. The van der Waals surface area contributed by atoms with Crippen molar-refractivity contribution in [3.8, 4) is 11.5 Å². The normalized spacial score (nSPS) is 14.3. The standard InChI is InChI=1S/C29H23ClO5/c1-16-22(35-28(32)25-15-18-14-20(30)9-11-23(18)33-25)12-10-21-26(31)24(34-27(16)21)13-17-5-7-19(8-6-17)29(2,3)4/h5-15H,1-4H3/b24-13-. The smallest absolute Gasteiger partial charge is 0.379 e. The van der Waals surface area contributed by atoms with E-state index in [1.807, 2.05) is 24.3 Å². The summed E-state index contributed by atoms with van der Waals surface area (Å²) in [4.78, 5) is 25.7. The van der Waals surface area contributed by atoms with Crippen molar-refractivity contribution in [1.29, 1.82) is 0 Å². The highest BCUT2D eigenvalue weighted by molar-refractivity contribution is 6.31. The fraction of sp³-hybridized carbons (Fsp3) is 0.172. The number of hydrogen-bond acceptors (Lipinski definition) is 5. The van der Waals surface area contributed by atoms with Gasteiger partial charge in [0.1, 0.15) is 17.1 Å². The third kappa shape index (κ3) is 4.35. The van der Waals surface area contributed by atoms with Gasteiger partial charge in [0.25, 0.3) is 0 Å². The molecule has 176 valence electrons. The van der Waals surface area contributed by atoms with E-state index in [0.717, 1.165) is 5.56 Å². The first kappa shape index (κ1) is 22.9. The first-order valence-corrected chi connectivity index (χ1v) is 11.6. The molecular weight excluding hydrogens is 464 g/mol. The van der Waals surface area contributed by atoms with Gasteiger partial charge < -0.3 is 13.9 Å². The van der Waals surface area contributed by atoms with Crippen LogP contribution in [0.25, 0.3) is 17.0 Å². The van der Waals surface area contributed by atoms with Gasteiger partial charge in [-0.2, -0.15) is 0 Å². The molecule has 0 spiro atoms. The number of Topliss-reactive ketones (excluding diaryl/α,β-unsaturated/α-hetero) is 1. The van der Waals surface area contributed by atoms with Crippen LogP contribution in [0.15, 0.2) is 70.8 Å². The van der Waals surface area contributed by atoms with Crippen molar-refractivity contribution in [3.63, 3.8) is 0 Å². The SMILES string of the molecule is Cc1c(OC(=O)c2cc3cc(Cl)ccc3o2)ccc2c1O/C(=C\c1ccc(C(C)(C)C)cc1)C2=O. The molecule has 0 saturated heterocycles. The second-order valence-electron chi connectivity index (χ2n) is 9.56. The van der Waals surface area contributed by atoms with Crippen LogP contribution in [-0.2, 0) is 5.41 Å². The lowest BCUT2D eigenvalue weighted by molar-refractivity contribution is 0.0702. The van der Waals surface area contributed by atoms with Crippen molar-refractivity contribution < 1.29 is 23.5 Å². The number of hydrogen-bond donors (Lipinski definition) is 0. The second-order valence-corrected chi connectivity index (χ2v) is 10.00. The van der Waals surface area contributed by atoms with Crippen LogP contribution in [0.4, 0.5) is 0 Å². The maximum Gasteiger partial charge on any atom is 0.379 e. The van der Waals surface area contributed by atoms with Crippen molar-refractivity contribution in [1.82, 2.24) is 0 Å². The molecule has 0 bridgehead atoms. The van der Waals surface area contributed by atoms with E-state index in [0.29, 0.717) is 32.9 Å². The van der Waals surface area contributed by atoms with Gasteiger partial charge in [0, 0.05) is 16.0 Å². The van der Waals surface area contributed by atoms with Crippen LogP contribution in [-0.4, -0.2) is 11.8 Å². The van der Waals surface area contributed by atoms with Gasteiger partial charge in [0.15, 0.2) is 5.76 Å². The van der Waals surface area contributed by atoms with E-state index in [-0.39, 0.29) is 28.5 Å². The van der Waals surface area contributed by atoms with Crippen LogP contribution in [0.5, 0.6) is 11.5 Å². The predicted octanol–water partition coefficient (Wildman–Crippen LogP) is 7.53. The summed E-state index contributed by atoms with van der Waals surface area (Å²) < 4.78 is 17.1. The van der Waals surface area contributed by atoms with Gasteiger partial charge in [-0.15, -0.1) is 0 Å². The molecule has 5 rings (SSSR count). The van der Waals surface area contributed by atoms with E-state index in [1.165, 1.54) is 5.56 Å². The van der Waals surface area contributed by atoms with Crippen LogP contribution in [0.2, 0.25) is 5.02 Å². The average molecular weight is 487 g/mol. The Bertz CT molecular complexity index is 1520. The molecule has 2 heterocycles. The van der Waals surface area contributed by atoms with E-state index in [2.05, 4.69) is 20.8 Å². The Labute approximate surface area is 207 Å². The molecule has 0 atom stereocenters. The topological polar surface area (TPSA) is 65.7 Å². The molecular formula is C29H23ClO5. The van der Waals surface area contributed by atoms with E-state index < -0.39 is 5.97 Å². The monoisotopic (exact) mass is 486 g/mol. The Morgan fingerprint density at radius 1 is 1.00 bits per heavy atom. The summed E-state index contributed by atoms with van der Waals surface area (Å²) in [5.41, 5.74) is 3.63. The maximum atomic E-state index is 12.9. The molecule has 1 aliphatic heterocycles. The third-order valence-electron chi connectivity index (χ3n) is 5.99. The number of esters is 1. The molecule has 0 saturated carbocycles. The lowest BCUT2D eigenvalue weighted by Crippen LogP contribution is -2.10. The molecule has 0 fully saturated rings. The van der Waals surface area contributed by atoms with Gasteiger partial charge in [0.2, 0.25) is 11.5 Å². The molecule has 35 heavy (non-hydrogen) atoms. The predicted molar refractivity (Wildman–Crippen MR) is 135 cm³/mol. The number of carbonyl (C=O) groups is 2. The van der Waals surface area contributed by atoms with Crippen molar-refractivity contribution in [2.45, 2.75) is 33.1 Å². The Hall–Kier alpha value is -3.83. The minimum absolute atomic E-state index is 0.0436. The molecule has 4 aromatic rings. The summed E-state index contributed by atoms with van der Waals surface area (Å²) in [5, 5.41) is 1.25.